The third-order valence-corrected chi connectivity index (χ3v) is 2.97. The van der Waals surface area contributed by atoms with Crippen molar-refractivity contribution in [2.75, 3.05) is 7.05 Å². The summed E-state index contributed by atoms with van der Waals surface area (Å²) in [6.07, 6.45) is 0. The molecule has 4 nitrogen and oxygen atoms in total. The van der Waals surface area contributed by atoms with Gasteiger partial charge in [0.2, 0.25) is 0 Å². The predicted molar refractivity (Wildman–Crippen MR) is 72.0 cm³/mol. The van der Waals surface area contributed by atoms with Crippen LogP contribution in [0.25, 0.3) is 0 Å². The summed E-state index contributed by atoms with van der Waals surface area (Å²) in [6, 6.07) is 8.09. The SMILES string of the molecule is CNCc1ccc(Oc2c(C)nn(C)c2C)cc1. The van der Waals surface area contributed by atoms with Crippen LogP contribution in [0.15, 0.2) is 24.3 Å². The number of hydrogen-bond donors (Lipinski definition) is 1. The molecule has 0 amide bonds. The Morgan fingerprint density at radius 2 is 1.89 bits per heavy atom. The second-order valence-corrected chi connectivity index (χ2v) is 4.40. The molecule has 0 spiro atoms. The molecule has 0 saturated heterocycles. The molecular formula is C14H19N3O. The third-order valence-electron chi connectivity index (χ3n) is 2.97. The number of aryl methyl sites for hydroxylation is 2. The third kappa shape index (κ3) is 2.54. The van der Waals surface area contributed by atoms with Crippen LogP contribution in [0.4, 0.5) is 0 Å². The van der Waals surface area contributed by atoms with Gasteiger partial charge in [-0.3, -0.25) is 4.68 Å². The molecule has 0 aliphatic heterocycles. The number of rotatable bonds is 4. The highest BCUT2D eigenvalue weighted by Gasteiger charge is 2.11. The molecule has 96 valence electrons. The van der Waals surface area contributed by atoms with Gasteiger partial charge in [0.25, 0.3) is 0 Å². The molecule has 2 aromatic rings. The van der Waals surface area contributed by atoms with Gasteiger partial charge in [-0.05, 0) is 38.6 Å². The molecule has 1 aromatic heterocycles. The normalized spacial score (nSPS) is 10.7. The average Bonchev–Trinajstić information content (AvgIpc) is 2.59. The Balaban J connectivity index is 2.18. The second kappa shape index (κ2) is 5.23. The Morgan fingerprint density at radius 3 is 2.39 bits per heavy atom. The fourth-order valence-electron chi connectivity index (χ4n) is 1.90. The quantitative estimate of drug-likeness (QED) is 0.899. The van der Waals surface area contributed by atoms with Crippen molar-refractivity contribution in [3.05, 3.63) is 41.2 Å². The molecule has 0 bridgehead atoms. The Kier molecular flexibility index (Phi) is 3.67. The van der Waals surface area contributed by atoms with Crippen molar-refractivity contribution in [1.29, 1.82) is 0 Å². The first-order chi connectivity index (χ1) is 8.61. The van der Waals surface area contributed by atoms with E-state index in [0.29, 0.717) is 0 Å². The number of hydrogen-bond acceptors (Lipinski definition) is 3. The van der Waals surface area contributed by atoms with Crippen molar-refractivity contribution in [2.45, 2.75) is 20.4 Å². The zero-order valence-corrected chi connectivity index (χ0v) is 11.3. The van der Waals surface area contributed by atoms with Crippen LogP contribution in [0, 0.1) is 13.8 Å². The van der Waals surface area contributed by atoms with E-state index in [9.17, 15) is 0 Å². The maximum absolute atomic E-state index is 5.89. The van der Waals surface area contributed by atoms with Crippen molar-refractivity contribution in [1.82, 2.24) is 15.1 Å². The largest absolute Gasteiger partial charge is 0.453 e. The Hall–Kier alpha value is -1.81. The van der Waals surface area contributed by atoms with Crippen LogP contribution in [-0.4, -0.2) is 16.8 Å². The number of benzene rings is 1. The van der Waals surface area contributed by atoms with Gasteiger partial charge in [-0.15, -0.1) is 0 Å². The van der Waals surface area contributed by atoms with Gasteiger partial charge in [-0.2, -0.15) is 5.10 Å². The highest BCUT2D eigenvalue weighted by Crippen LogP contribution is 2.27. The van der Waals surface area contributed by atoms with Crippen LogP contribution in [0.3, 0.4) is 0 Å². The highest BCUT2D eigenvalue weighted by atomic mass is 16.5. The predicted octanol–water partition coefficient (Wildman–Crippen LogP) is 2.55. The van der Waals surface area contributed by atoms with E-state index in [4.69, 9.17) is 4.74 Å². The minimum absolute atomic E-state index is 0.842. The summed E-state index contributed by atoms with van der Waals surface area (Å²) in [6.45, 7) is 4.83. The van der Waals surface area contributed by atoms with E-state index < -0.39 is 0 Å². The van der Waals surface area contributed by atoms with Gasteiger partial charge in [-0.1, -0.05) is 12.1 Å². The zero-order valence-electron chi connectivity index (χ0n) is 11.3. The molecule has 0 radical (unpaired) electrons. The molecule has 4 heteroatoms. The maximum Gasteiger partial charge on any atom is 0.171 e. The fourth-order valence-corrected chi connectivity index (χ4v) is 1.90. The molecule has 0 aliphatic rings. The van der Waals surface area contributed by atoms with Crippen LogP contribution in [-0.2, 0) is 13.6 Å². The van der Waals surface area contributed by atoms with E-state index in [1.807, 2.05) is 44.8 Å². The first-order valence-corrected chi connectivity index (χ1v) is 6.03. The molecule has 1 heterocycles. The van der Waals surface area contributed by atoms with Gasteiger partial charge >= 0.3 is 0 Å². The first-order valence-electron chi connectivity index (χ1n) is 6.03. The molecule has 1 aromatic carbocycles. The van der Waals surface area contributed by atoms with Crippen LogP contribution in [0.5, 0.6) is 11.5 Å². The summed E-state index contributed by atoms with van der Waals surface area (Å²) in [5.41, 5.74) is 3.19. The molecule has 0 fully saturated rings. The van der Waals surface area contributed by atoms with Gasteiger partial charge in [0, 0.05) is 13.6 Å². The maximum atomic E-state index is 5.89. The average molecular weight is 245 g/mol. The number of nitrogens with one attached hydrogen (secondary N) is 1. The van der Waals surface area contributed by atoms with Crippen molar-refractivity contribution in [3.8, 4) is 11.5 Å². The molecular weight excluding hydrogens is 226 g/mol. The van der Waals surface area contributed by atoms with E-state index in [2.05, 4.69) is 22.5 Å². The van der Waals surface area contributed by atoms with Crippen molar-refractivity contribution < 1.29 is 4.74 Å². The molecule has 0 unspecified atom stereocenters. The van der Waals surface area contributed by atoms with Crippen molar-refractivity contribution >= 4 is 0 Å². The number of ether oxygens (including phenoxy) is 1. The lowest BCUT2D eigenvalue weighted by atomic mass is 10.2. The standard InChI is InChI=1S/C14H19N3O/c1-10-14(11(2)17(4)16-10)18-13-7-5-12(6-8-13)9-15-3/h5-8,15H,9H2,1-4H3. The van der Waals surface area contributed by atoms with Gasteiger partial charge in [0.1, 0.15) is 11.4 Å². The summed E-state index contributed by atoms with van der Waals surface area (Å²) in [5, 5.41) is 7.46. The van der Waals surface area contributed by atoms with Crippen LogP contribution in [0.1, 0.15) is 17.0 Å². The van der Waals surface area contributed by atoms with Crippen LogP contribution in [0.2, 0.25) is 0 Å². The lowest BCUT2D eigenvalue weighted by Crippen LogP contribution is -2.04. The summed E-state index contributed by atoms with van der Waals surface area (Å²) in [7, 11) is 3.86. The summed E-state index contributed by atoms with van der Waals surface area (Å²) >= 11 is 0. The first kappa shape index (κ1) is 12.6. The summed E-state index contributed by atoms with van der Waals surface area (Å²) < 4.78 is 7.72. The van der Waals surface area contributed by atoms with E-state index >= 15 is 0 Å². The molecule has 2 rings (SSSR count). The Bertz CT molecular complexity index is 529. The van der Waals surface area contributed by atoms with Crippen LogP contribution >= 0.6 is 0 Å². The molecule has 0 saturated carbocycles. The lowest BCUT2D eigenvalue weighted by molar-refractivity contribution is 0.474. The second-order valence-electron chi connectivity index (χ2n) is 4.40. The van der Waals surface area contributed by atoms with Gasteiger partial charge < -0.3 is 10.1 Å². The van der Waals surface area contributed by atoms with Gasteiger partial charge in [0.05, 0.1) is 5.69 Å². The van der Waals surface area contributed by atoms with E-state index in [1.165, 1.54) is 5.56 Å². The summed E-state index contributed by atoms with van der Waals surface area (Å²) in [4.78, 5) is 0. The highest BCUT2D eigenvalue weighted by molar-refractivity contribution is 5.38. The summed E-state index contributed by atoms with van der Waals surface area (Å²) in [5.74, 6) is 1.69. The van der Waals surface area contributed by atoms with E-state index in [1.54, 1.807) is 0 Å². The van der Waals surface area contributed by atoms with Gasteiger partial charge in [0.15, 0.2) is 5.75 Å². The van der Waals surface area contributed by atoms with Crippen molar-refractivity contribution in [2.24, 2.45) is 7.05 Å². The number of nitrogens with zero attached hydrogens (tertiary/aromatic N) is 2. The molecule has 1 N–H and O–H groups in total. The number of aromatic nitrogens is 2. The van der Waals surface area contributed by atoms with E-state index in [-0.39, 0.29) is 0 Å². The van der Waals surface area contributed by atoms with Crippen LogP contribution < -0.4 is 10.1 Å². The minimum Gasteiger partial charge on any atom is -0.453 e. The monoisotopic (exact) mass is 245 g/mol. The molecule has 18 heavy (non-hydrogen) atoms. The van der Waals surface area contributed by atoms with Crippen molar-refractivity contribution in [3.63, 3.8) is 0 Å². The smallest absolute Gasteiger partial charge is 0.171 e. The lowest BCUT2D eigenvalue weighted by Gasteiger charge is -2.07. The minimum atomic E-state index is 0.842. The Morgan fingerprint density at radius 1 is 1.22 bits per heavy atom. The fraction of sp³-hybridized carbons (Fsp3) is 0.357. The molecule has 0 atom stereocenters. The Labute approximate surface area is 108 Å². The topological polar surface area (TPSA) is 39.1 Å². The molecule has 0 aliphatic carbocycles. The van der Waals surface area contributed by atoms with Gasteiger partial charge in [-0.25, -0.2) is 0 Å². The van der Waals surface area contributed by atoms with E-state index in [0.717, 1.165) is 29.4 Å². The zero-order chi connectivity index (χ0) is 13.1.